The zero-order valence-electron chi connectivity index (χ0n) is 27.9. The van der Waals surface area contributed by atoms with Crippen LogP contribution in [0.2, 0.25) is 0 Å². The van der Waals surface area contributed by atoms with Crippen LogP contribution in [-0.2, 0) is 4.79 Å². The number of para-hydroxylation sites is 1. The summed E-state index contributed by atoms with van der Waals surface area (Å²) in [6.45, 7) is 7.76. The van der Waals surface area contributed by atoms with Gasteiger partial charge in [0.25, 0.3) is 11.8 Å². The maximum absolute atomic E-state index is 13.7. The predicted molar refractivity (Wildman–Crippen MR) is 184 cm³/mol. The third kappa shape index (κ3) is 8.10. The standard InChI is InChI=1S/C36H44N6O5/c1-24-13-16-30(32(22-24)47-21-8-6-7-12-33(43)42-19-17-40(3)18-20-42)41(4)36(45)26-14-15-28(31(23-26)46-5)39-35(44)27-10-9-11-29-34(27)38-25(2)37-29/h9-11,13-16,22-23H,6-8,12,17-21H2,1-5H3,(H,37,38)(H,39,44). The molecule has 1 aliphatic heterocycles. The highest BCUT2D eigenvalue weighted by molar-refractivity contribution is 6.12. The van der Waals surface area contributed by atoms with Crippen molar-refractivity contribution in [2.24, 2.45) is 0 Å². The normalized spacial score (nSPS) is 13.4. The van der Waals surface area contributed by atoms with Crippen LogP contribution < -0.4 is 19.7 Å². The summed E-state index contributed by atoms with van der Waals surface area (Å²) in [5, 5.41) is 2.90. The number of aromatic nitrogens is 2. The van der Waals surface area contributed by atoms with Gasteiger partial charge >= 0.3 is 0 Å². The molecule has 248 valence electrons. The highest BCUT2D eigenvalue weighted by Crippen LogP contribution is 2.32. The van der Waals surface area contributed by atoms with Gasteiger partial charge in [0.05, 0.1) is 36.2 Å². The van der Waals surface area contributed by atoms with Gasteiger partial charge in [-0.3, -0.25) is 14.4 Å². The van der Waals surface area contributed by atoms with Crippen molar-refractivity contribution in [3.63, 3.8) is 0 Å². The quantitative estimate of drug-likeness (QED) is 0.198. The second-order valence-corrected chi connectivity index (χ2v) is 12.1. The van der Waals surface area contributed by atoms with Gasteiger partial charge in [-0.05, 0) is 88.2 Å². The number of nitrogens with one attached hydrogen (secondary N) is 2. The Morgan fingerprint density at radius 1 is 0.957 bits per heavy atom. The van der Waals surface area contributed by atoms with Crippen LogP contribution >= 0.6 is 0 Å². The number of hydrogen-bond acceptors (Lipinski definition) is 7. The van der Waals surface area contributed by atoms with E-state index in [0.717, 1.165) is 62.3 Å². The summed E-state index contributed by atoms with van der Waals surface area (Å²) >= 11 is 0. The molecule has 0 saturated carbocycles. The smallest absolute Gasteiger partial charge is 0.258 e. The number of ether oxygens (including phenoxy) is 2. The van der Waals surface area contributed by atoms with Gasteiger partial charge in [0.1, 0.15) is 22.8 Å². The van der Waals surface area contributed by atoms with Crippen molar-refractivity contribution in [2.75, 3.05) is 64.2 Å². The van der Waals surface area contributed by atoms with Crippen LogP contribution in [0.4, 0.5) is 11.4 Å². The number of hydrogen-bond donors (Lipinski definition) is 2. The minimum Gasteiger partial charge on any atom is -0.495 e. The SMILES string of the molecule is COc1cc(C(=O)N(C)c2ccc(C)cc2OCCCCCC(=O)N2CCN(C)CC2)ccc1NC(=O)c1cccc2[nH]c(C)nc12. The lowest BCUT2D eigenvalue weighted by atomic mass is 10.1. The van der Waals surface area contributed by atoms with Crippen molar-refractivity contribution in [1.82, 2.24) is 19.8 Å². The first-order chi connectivity index (χ1) is 22.6. The first kappa shape index (κ1) is 33.5. The highest BCUT2D eigenvalue weighted by atomic mass is 16.5. The van der Waals surface area contributed by atoms with Crippen molar-refractivity contribution >= 4 is 40.1 Å². The summed E-state index contributed by atoms with van der Waals surface area (Å²) < 4.78 is 11.7. The third-order valence-electron chi connectivity index (χ3n) is 8.50. The van der Waals surface area contributed by atoms with Crippen molar-refractivity contribution in [3.05, 3.63) is 77.1 Å². The summed E-state index contributed by atoms with van der Waals surface area (Å²) in [6.07, 6.45) is 3.07. The van der Waals surface area contributed by atoms with Gasteiger partial charge in [0, 0.05) is 45.2 Å². The number of aromatic amines is 1. The number of rotatable bonds is 12. The fourth-order valence-electron chi connectivity index (χ4n) is 5.72. The zero-order chi connectivity index (χ0) is 33.5. The Kier molecular flexibility index (Phi) is 10.8. The molecule has 0 atom stereocenters. The van der Waals surface area contributed by atoms with Crippen LogP contribution in [0.25, 0.3) is 11.0 Å². The number of likely N-dealkylation sites (N-methyl/N-ethyl adjacent to an activating group) is 1. The molecule has 1 aliphatic rings. The molecule has 0 radical (unpaired) electrons. The molecule has 2 N–H and O–H groups in total. The summed E-state index contributed by atoms with van der Waals surface area (Å²) in [6, 6.07) is 16.1. The Hall–Kier alpha value is -4.90. The van der Waals surface area contributed by atoms with Gasteiger partial charge < -0.3 is 34.5 Å². The number of imidazole rings is 1. The number of fused-ring (bicyclic) bond motifs is 1. The minimum atomic E-state index is -0.334. The third-order valence-corrected chi connectivity index (χ3v) is 8.50. The van der Waals surface area contributed by atoms with E-state index < -0.39 is 0 Å². The molecule has 3 aromatic carbocycles. The fraction of sp³-hybridized carbons (Fsp3) is 0.389. The Labute approximate surface area is 275 Å². The number of unbranched alkanes of at least 4 members (excludes halogenated alkanes) is 2. The highest BCUT2D eigenvalue weighted by Gasteiger charge is 2.21. The molecule has 0 spiro atoms. The molecule has 1 saturated heterocycles. The van der Waals surface area contributed by atoms with E-state index in [4.69, 9.17) is 9.47 Å². The molecule has 3 amide bonds. The van der Waals surface area contributed by atoms with Crippen LogP contribution in [0, 0.1) is 13.8 Å². The molecule has 1 fully saturated rings. The first-order valence-electron chi connectivity index (χ1n) is 16.1. The maximum atomic E-state index is 13.7. The molecule has 0 aliphatic carbocycles. The van der Waals surface area contributed by atoms with E-state index in [9.17, 15) is 14.4 Å². The van der Waals surface area contributed by atoms with E-state index >= 15 is 0 Å². The number of carbonyl (C=O) groups excluding carboxylic acids is 3. The number of H-pyrrole nitrogens is 1. The molecule has 11 nitrogen and oxygen atoms in total. The van der Waals surface area contributed by atoms with Gasteiger partial charge in [0.15, 0.2) is 0 Å². The van der Waals surface area contributed by atoms with Gasteiger partial charge in [-0.25, -0.2) is 4.98 Å². The number of amides is 3. The average molecular weight is 641 g/mol. The van der Waals surface area contributed by atoms with Crippen LogP contribution in [-0.4, -0.2) is 91.5 Å². The minimum absolute atomic E-state index is 0.230. The molecular weight excluding hydrogens is 596 g/mol. The van der Waals surface area contributed by atoms with Crippen LogP contribution in [0.1, 0.15) is 57.8 Å². The molecule has 0 bridgehead atoms. The Bertz CT molecular complexity index is 1740. The van der Waals surface area contributed by atoms with E-state index in [1.807, 2.05) is 43.0 Å². The van der Waals surface area contributed by atoms with Gasteiger partial charge in [-0.1, -0.05) is 12.1 Å². The van der Waals surface area contributed by atoms with Crippen LogP contribution in [0.15, 0.2) is 54.6 Å². The summed E-state index contributed by atoms with van der Waals surface area (Å²) in [5.41, 5.74) is 4.28. The Balaban J connectivity index is 1.19. The lowest BCUT2D eigenvalue weighted by Gasteiger charge is -2.32. The van der Waals surface area contributed by atoms with E-state index in [0.29, 0.717) is 52.5 Å². The number of piperazine rings is 1. The molecule has 11 heteroatoms. The topological polar surface area (TPSA) is 120 Å². The first-order valence-corrected chi connectivity index (χ1v) is 16.1. The Morgan fingerprint density at radius 3 is 2.51 bits per heavy atom. The molecule has 1 aromatic heterocycles. The second kappa shape index (κ2) is 15.1. The number of methoxy groups -OCH3 is 1. The molecule has 47 heavy (non-hydrogen) atoms. The van der Waals surface area contributed by atoms with E-state index in [-0.39, 0.29) is 17.7 Å². The summed E-state index contributed by atoms with van der Waals surface area (Å²) in [5.74, 6) is 1.34. The van der Waals surface area contributed by atoms with Gasteiger partial charge in [0.2, 0.25) is 5.91 Å². The number of anilines is 2. The van der Waals surface area contributed by atoms with Crippen LogP contribution in [0.5, 0.6) is 11.5 Å². The lowest BCUT2D eigenvalue weighted by molar-refractivity contribution is -0.132. The summed E-state index contributed by atoms with van der Waals surface area (Å²) in [4.78, 5) is 52.7. The number of carbonyl (C=O) groups is 3. The monoisotopic (exact) mass is 640 g/mol. The maximum Gasteiger partial charge on any atom is 0.258 e. The van der Waals surface area contributed by atoms with Gasteiger partial charge in [-0.15, -0.1) is 0 Å². The molecule has 0 unspecified atom stereocenters. The van der Waals surface area contributed by atoms with E-state index in [1.54, 1.807) is 42.3 Å². The van der Waals surface area contributed by atoms with Crippen LogP contribution in [0.3, 0.4) is 0 Å². The Morgan fingerprint density at radius 2 is 1.74 bits per heavy atom. The predicted octanol–water partition coefficient (Wildman–Crippen LogP) is 5.43. The van der Waals surface area contributed by atoms with Crippen molar-refractivity contribution < 1.29 is 23.9 Å². The van der Waals surface area contributed by atoms with E-state index in [2.05, 4.69) is 27.2 Å². The van der Waals surface area contributed by atoms with E-state index in [1.165, 1.54) is 7.11 Å². The zero-order valence-corrected chi connectivity index (χ0v) is 27.9. The number of aryl methyl sites for hydroxylation is 2. The second-order valence-electron chi connectivity index (χ2n) is 12.1. The largest absolute Gasteiger partial charge is 0.495 e. The average Bonchev–Trinajstić information content (AvgIpc) is 3.46. The van der Waals surface area contributed by atoms with Crippen molar-refractivity contribution in [3.8, 4) is 11.5 Å². The fourth-order valence-corrected chi connectivity index (χ4v) is 5.72. The van der Waals surface area contributed by atoms with Crippen molar-refractivity contribution in [2.45, 2.75) is 39.5 Å². The summed E-state index contributed by atoms with van der Waals surface area (Å²) in [7, 11) is 5.28. The van der Waals surface area contributed by atoms with Gasteiger partial charge in [-0.2, -0.15) is 0 Å². The van der Waals surface area contributed by atoms with Crippen molar-refractivity contribution in [1.29, 1.82) is 0 Å². The molecule has 5 rings (SSSR count). The lowest BCUT2D eigenvalue weighted by Crippen LogP contribution is -2.47. The molecular formula is C36H44N6O5. The molecule has 4 aromatic rings. The number of benzene rings is 3. The molecule has 2 heterocycles. The number of nitrogens with zero attached hydrogens (tertiary/aromatic N) is 4.